The van der Waals surface area contributed by atoms with E-state index < -0.39 is 0 Å². The fourth-order valence-corrected chi connectivity index (χ4v) is 3.55. The van der Waals surface area contributed by atoms with E-state index >= 15 is 0 Å². The van der Waals surface area contributed by atoms with Gasteiger partial charge in [0.15, 0.2) is 0 Å². The van der Waals surface area contributed by atoms with E-state index in [9.17, 15) is 4.39 Å². The fraction of sp³-hybridized carbons (Fsp3) is 0.571. The quantitative estimate of drug-likeness (QED) is 0.881. The normalized spacial score (nSPS) is 24.2. The first kappa shape index (κ1) is 12.9. The highest BCUT2D eigenvalue weighted by Gasteiger charge is 2.28. The summed E-state index contributed by atoms with van der Waals surface area (Å²) in [5, 5.41) is 3.39. The number of nitrogens with one attached hydrogen (secondary N) is 1. The second kappa shape index (κ2) is 5.40. The zero-order valence-corrected chi connectivity index (χ0v) is 11.4. The van der Waals surface area contributed by atoms with E-state index in [-0.39, 0.29) is 5.82 Å². The Morgan fingerprint density at radius 1 is 1.47 bits per heavy atom. The highest BCUT2D eigenvalue weighted by molar-refractivity contribution is 8.00. The second-order valence-corrected chi connectivity index (χ2v) is 6.78. The number of hydrogen-bond donors (Lipinski definition) is 1. The van der Waals surface area contributed by atoms with Gasteiger partial charge in [0, 0.05) is 23.4 Å². The summed E-state index contributed by atoms with van der Waals surface area (Å²) in [5.41, 5.74) is 1.89. The molecule has 1 saturated heterocycles. The number of halogens is 1. The van der Waals surface area contributed by atoms with Gasteiger partial charge in [-0.3, -0.25) is 0 Å². The van der Waals surface area contributed by atoms with Crippen molar-refractivity contribution in [1.29, 1.82) is 0 Å². The van der Waals surface area contributed by atoms with E-state index in [0.29, 0.717) is 11.3 Å². The van der Waals surface area contributed by atoms with Gasteiger partial charge < -0.3 is 5.32 Å². The van der Waals surface area contributed by atoms with Gasteiger partial charge in [-0.15, -0.1) is 0 Å². The van der Waals surface area contributed by atoms with Crippen LogP contribution in [0.3, 0.4) is 0 Å². The van der Waals surface area contributed by atoms with E-state index in [1.165, 1.54) is 18.6 Å². The molecule has 1 aliphatic heterocycles. The predicted molar refractivity (Wildman–Crippen MR) is 72.9 cm³/mol. The third kappa shape index (κ3) is 3.46. The van der Waals surface area contributed by atoms with Crippen LogP contribution in [-0.2, 0) is 6.54 Å². The summed E-state index contributed by atoms with van der Waals surface area (Å²) in [6, 6.07) is 5.29. The first-order chi connectivity index (χ1) is 8.09. The summed E-state index contributed by atoms with van der Waals surface area (Å²) < 4.78 is 13.9. The molecule has 0 spiro atoms. The molecule has 0 aromatic heterocycles. The van der Waals surface area contributed by atoms with Crippen LogP contribution >= 0.6 is 11.8 Å². The molecule has 1 atom stereocenters. The standard InChI is InChI=1S/C14H20FNS/c1-11-4-5-13(15)12(8-11)9-16-10-14(2)6-3-7-17-14/h4-5,8,16H,3,6-7,9-10H2,1-2H3. The monoisotopic (exact) mass is 253 g/mol. The van der Waals surface area contributed by atoms with Crippen LogP contribution in [0.5, 0.6) is 0 Å². The number of hydrogen-bond acceptors (Lipinski definition) is 2. The van der Waals surface area contributed by atoms with Gasteiger partial charge in [-0.25, -0.2) is 4.39 Å². The molecular weight excluding hydrogens is 233 g/mol. The maximum Gasteiger partial charge on any atom is 0.127 e. The maximum atomic E-state index is 13.5. The van der Waals surface area contributed by atoms with E-state index in [2.05, 4.69) is 12.2 Å². The van der Waals surface area contributed by atoms with Crippen LogP contribution in [0.4, 0.5) is 4.39 Å². The van der Waals surface area contributed by atoms with Crippen molar-refractivity contribution in [2.24, 2.45) is 0 Å². The molecule has 1 aliphatic rings. The van der Waals surface area contributed by atoms with Gasteiger partial charge in [-0.2, -0.15) is 11.8 Å². The molecule has 0 radical (unpaired) electrons. The summed E-state index contributed by atoms with van der Waals surface area (Å²) in [6.45, 7) is 5.88. The topological polar surface area (TPSA) is 12.0 Å². The van der Waals surface area contributed by atoms with Crippen LogP contribution in [0.1, 0.15) is 30.9 Å². The summed E-state index contributed by atoms with van der Waals surface area (Å²) in [5.74, 6) is 1.16. The lowest BCUT2D eigenvalue weighted by Crippen LogP contribution is -2.32. The van der Waals surface area contributed by atoms with Gasteiger partial charge in [0.05, 0.1) is 0 Å². The molecule has 1 aromatic carbocycles. The van der Waals surface area contributed by atoms with E-state index in [0.717, 1.165) is 17.7 Å². The van der Waals surface area contributed by atoms with Gasteiger partial charge in [0.1, 0.15) is 5.82 Å². The number of benzene rings is 1. The average molecular weight is 253 g/mol. The van der Waals surface area contributed by atoms with Gasteiger partial charge in [-0.05, 0) is 38.5 Å². The first-order valence-electron chi connectivity index (χ1n) is 6.19. The van der Waals surface area contributed by atoms with Crippen LogP contribution in [0.2, 0.25) is 0 Å². The van der Waals surface area contributed by atoms with Crippen molar-refractivity contribution < 1.29 is 4.39 Å². The molecule has 1 unspecified atom stereocenters. The van der Waals surface area contributed by atoms with Crippen molar-refractivity contribution in [3.05, 3.63) is 35.1 Å². The molecule has 3 heteroatoms. The Kier molecular flexibility index (Phi) is 4.10. The van der Waals surface area contributed by atoms with Crippen LogP contribution in [0.25, 0.3) is 0 Å². The number of rotatable bonds is 4. The Hall–Kier alpha value is -0.540. The molecule has 2 rings (SSSR count). The molecular formula is C14H20FNS. The largest absolute Gasteiger partial charge is 0.311 e. The van der Waals surface area contributed by atoms with Gasteiger partial charge in [0.2, 0.25) is 0 Å². The molecule has 0 saturated carbocycles. The van der Waals surface area contributed by atoms with Crippen LogP contribution in [0.15, 0.2) is 18.2 Å². The van der Waals surface area contributed by atoms with Crippen molar-refractivity contribution in [2.75, 3.05) is 12.3 Å². The molecule has 0 bridgehead atoms. The number of thioether (sulfide) groups is 1. The molecule has 0 aliphatic carbocycles. The van der Waals surface area contributed by atoms with E-state index in [1.807, 2.05) is 30.8 Å². The van der Waals surface area contributed by atoms with Gasteiger partial charge in [0.25, 0.3) is 0 Å². The zero-order valence-electron chi connectivity index (χ0n) is 10.6. The molecule has 1 aromatic rings. The molecule has 1 fully saturated rings. The van der Waals surface area contributed by atoms with Gasteiger partial charge in [-0.1, -0.05) is 17.7 Å². The summed E-state index contributed by atoms with van der Waals surface area (Å²) >= 11 is 2.03. The lowest BCUT2D eigenvalue weighted by molar-refractivity contribution is 0.524. The lowest BCUT2D eigenvalue weighted by Gasteiger charge is -2.23. The molecule has 17 heavy (non-hydrogen) atoms. The summed E-state index contributed by atoms with van der Waals surface area (Å²) in [4.78, 5) is 0. The van der Waals surface area contributed by atoms with Crippen molar-refractivity contribution in [2.45, 2.75) is 38.0 Å². The summed E-state index contributed by atoms with van der Waals surface area (Å²) in [7, 11) is 0. The minimum Gasteiger partial charge on any atom is -0.311 e. The van der Waals surface area contributed by atoms with Crippen LogP contribution in [-0.4, -0.2) is 17.0 Å². The minimum absolute atomic E-state index is 0.104. The van der Waals surface area contributed by atoms with Crippen LogP contribution < -0.4 is 5.32 Å². The Bertz CT molecular complexity index is 386. The third-order valence-corrected chi connectivity index (χ3v) is 4.85. The maximum absolute atomic E-state index is 13.5. The first-order valence-corrected chi connectivity index (χ1v) is 7.17. The van der Waals surface area contributed by atoms with Gasteiger partial charge >= 0.3 is 0 Å². The SMILES string of the molecule is Cc1ccc(F)c(CNCC2(C)CCCS2)c1. The van der Waals surface area contributed by atoms with Crippen molar-refractivity contribution in [1.82, 2.24) is 5.32 Å². The third-order valence-electron chi connectivity index (χ3n) is 3.32. The Morgan fingerprint density at radius 3 is 3.00 bits per heavy atom. The average Bonchev–Trinajstić information content (AvgIpc) is 2.71. The lowest BCUT2D eigenvalue weighted by atomic mass is 10.1. The Balaban J connectivity index is 1.87. The van der Waals surface area contributed by atoms with E-state index in [1.54, 1.807) is 6.07 Å². The smallest absolute Gasteiger partial charge is 0.127 e. The predicted octanol–water partition coefficient (Wildman–Crippen LogP) is 3.51. The number of aryl methyl sites for hydroxylation is 1. The van der Waals surface area contributed by atoms with Crippen LogP contribution in [0, 0.1) is 12.7 Å². The molecule has 94 valence electrons. The Labute approximate surface area is 107 Å². The minimum atomic E-state index is -0.104. The van der Waals surface area contributed by atoms with E-state index in [4.69, 9.17) is 0 Å². The second-order valence-electron chi connectivity index (χ2n) is 5.10. The fourth-order valence-electron chi connectivity index (χ4n) is 2.28. The summed E-state index contributed by atoms with van der Waals surface area (Å²) in [6.07, 6.45) is 2.57. The molecule has 1 nitrogen and oxygen atoms in total. The molecule has 1 heterocycles. The molecule has 0 amide bonds. The Morgan fingerprint density at radius 2 is 2.29 bits per heavy atom. The highest BCUT2D eigenvalue weighted by atomic mass is 32.2. The molecule has 1 N–H and O–H groups in total. The van der Waals surface area contributed by atoms with Crippen molar-refractivity contribution in [3.63, 3.8) is 0 Å². The zero-order chi connectivity index (χ0) is 12.3. The highest BCUT2D eigenvalue weighted by Crippen LogP contribution is 2.36. The van der Waals surface area contributed by atoms with Crippen molar-refractivity contribution >= 4 is 11.8 Å². The van der Waals surface area contributed by atoms with Crippen molar-refractivity contribution in [3.8, 4) is 0 Å².